The topological polar surface area (TPSA) is 79.6 Å². The van der Waals surface area contributed by atoms with Crippen molar-refractivity contribution in [1.29, 1.82) is 0 Å². The summed E-state index contributed by atoms with van der Waals surface area (Å²) in [5, 5.41) is 7.12. The van der Waals surface area contributed by atoms with Gasteiger partial charge in [0.05, 0.1) is 7.11 Å². The Balaban J connectivity index is 2.15. The molecule has 0 atom stereocenters. The van der Waals surface area contributed by atoms with Gasteiger partial charge in [0.15, 0.2) is 5.75 Å². The van der Waals surface area contributed by atoms with Gasteiger partial charge in [0, 0.05) is 12.6 Å². The summed E-state index contributed by atoms with van der Waals surface area (Å²) in [6.07, 6.45) is 2.15. The van der Waals surface area contributed by atoms with E-state index in [1.54, 1.807) is 7.11 Å². The smallest absolute Gasteiger partial charge is 0.263 e. The first-order valence-electron chi connectivity index (χ1n) is 7.26. The van der Waals surface area contributed by atoms with Crippen molar-refractivity contribution < 1.29 is 9.53 Å². The second kappa shape index (κ2) is 7.00. The van der Waals surface area contributed by atoms with Crippen molar-refractivity contribution in [2.24, 2.45) is 0 Å². The Hall–Kier alpha value is -1.47. The zero-order valence-corrected chi connectivity index (χ0v) is 13.7. The molecule has 1 aliphatic rings. The van der Waals surface area contributed by atoms with Crippen molar-refractivity contribution in [1.82, 2.24) is 10.2 Å². The number of carbonyl (C=O) groups is 1. The molecule has 1 amide bonds. The number of piperidine rings is 1. The summed E-state index contributed by atoms with van der Waals surface area (Å²) in [4.78, 5) is 14.8. The van der Waals surface area contributed by atoms with Crippen molar-refractivity contribution in [3.05, 3.63) is 4.88 Å². The fourth-order valence-corrected chi connectivity index (χ4v) is 3.56. The molecular weight excluding hydrogens is 288 g/mol. The molecule has 0 saturated carbocycles. The van der Waals surface area contributed by atoms with Crippen molar-refractivity contribution in [2.75, 3.05) is 44.8 Å². The van der Waals surface area contributed by atoms with E-state index < -0.39 is 0 Å². The SMILES string of the molecule is CCNC(=O)c1sc(NC2CCN(C)CC2)c(OC)c1N. The zero-order valence-electron chi connectivity index (χ0n) is 12.9. The number of hydrogen-bond donors (Lipinski definition) is 3. The third-order valence-electron chi connectivity index (χ3n) is 3.70. The van der Waals surface area contributed by atoms with E-state index in [1.807, 2.05) is 6.92 Å². The van der Waals surface area contributed by atoms with Crippen LogP contribution in [-0.4, -0.2) is 50.6 Å². The first-order chi connectivity index (χ1) is 10.1. The molecule has 1 saturated heterocycles. The molecule has 21 heavy (non-hydrogen) atoms. The summed E-state index contributed by atoms with van der Waals surface area (Å²) in [5.74, 6) is 0.440. The van der Waals surface area contributed by atoms with Crippen LogP contribution in [0, 0.1) is 0 Å². The third kappa shape index (κ3) is 3.59. The molecule has 1 aromatic heterocycles. The molecule has 1 aliphatic heterocycles. The number of nitrogens with zero attached hydrogens (tertiary/aromatic N) is 1. The lowest BCUT2D eigenvalue weighted by Gasteiger charge is -2.29. The van der Waals surface area contributed by atoms with Gasteiger partial charge in [0.1, 0.15) is 15.6 Å². The van der Waals surface area contributed by atoms with Crippen molar-refractivity contribution in [3.63, 3.8) is 0 Å². The average molecular weight is 312 g/mol. The molecule has 0 aromatic carbocycles. The minimum atomic E-state index is -0.144. The molecule has 1 aromatic rings. The maximum atomic E-state index is 12.0. The normalized spacial score (nSPS) is 16.7. The predicted octanol–water partition coefficient (Wildman–Crippen LogP) is 1.59. The molecule has 0 unspecified atom stereocenters. The maximum absolute atomic E-state index is 12.0. The van der Waals surface area contributed by atoms with Crippen LogP contribution in [0.4, 0.5) is 10.7 Å². The van der Waals surface area contributed by atoms with Crippen LogP contribution < -0.4 is 21.1 Å². The van der Waals surface area contributed by atoms with E-state index in [9.17, 15) is 4.79 Å². The number of rotatable bonds is 5. The molecule has 2 heterocycles. The molecule has 0 bridgehead atoms. The Bertz CT molecular complexity index is 495. The summed E-state index contributed by atoms with van der Waals surface area (Å²) in [6.45, 7) is 4.61. The predicted molar refractivity (Wildman–Crippen MR) is 87.4 cm³/mol. The monoisotopic (exact) mass is 312 g/mol. The Labute approximate surface area is 129 Å². The lowest BCUT2D eigenvalue weighted by atomic mass is 10.1. The number of hydrogen-bond acceptors (Lipinski definition) is 6. The van der Waals surface area contributed by atoms with E-state index in [2.05, 4.69) is 22.6 Å². The van der Waals surface area contributed by atoms with Gasteiger partial charge in [-0.3, -0.25) is 4.79 Å². The first kappa shape index (κ1) is 15.9. The molecule has 0 spiro atoms. The highest BCUT2D eigenvalue weighted by atomic mass is 32.1. The van der Waals surface area contributed by atoms with Crippen LogP contribution in [0.5, 0.6) is 5.75 Å². The number of amides is 1. The zero-order chi connectivity index (χ0) is 15.4. The highest BCUT2D eigenvalue weighted by molar-refractivity contribution is 7.19. The van der Waals surface area contributed by atoms with E-state index in [1.165, 1.54) is 11.3 Å². The summed E-state index contributed by atoms with van der Waals surface area (Å²) < 4.78 is 5.38. The number of likely N-dealkylation sites (tertiary alicyclic amines) is 1. The van der Waals surface area contributed by atoms with Gasteiger partial charge in [-0.2, -0.15) is 0 Å². The highest BCUT2D eigenvalue weighted by Crippen LogP contribution is 2.43. The number of anilines is 2. The standard InChI is InChI=1S/C14H24N4O2S/c1-4-16-13(19)12-10(15)11(20-3)14(21-12)17-9-5-7-18(2)8-6-9/h9,17H,4-8,15H2,1-3H3,(H,16,19). The number of thiophene rings is 1. The quantitative estimate of drug-likeness (QED) is 0.769. The van der Waals surface area contributed by atoms with Gasteiger partial charge in [0.2, 0.25) is 0 Å². The van der Waals surface area contributed by atoms with Gasteiger partial charge >= 0.3 is 0 Å². The van der Waals surface area contributed by atoms with Gasteiger partial charge in [-0.05, 0) is 39.9 Å². The number of carbonyl (C=O) groups excluding carboxylic acids is 1. The largest absolute Gasteiger partial charge is 0.492 e. The highest BCUT2D eigenvalue weighted by Gasteiger charge is 2.24. The molecular formula is C14H24N4O2S. The van der Waals surface area contributed by atoms with Gasteiger partial charge in [-0.15, -0.1) is 11.3 Å². The molecule has 6 nitrogen and oxygen atoms in total. The van der Waals surface area contributed by atoms with Crippen molar-refractivity contribution in [3.8, 4) is 5.75 Å². The first-order valence-corrected chi connectivity index (χ1v) is 8.08. The Morgan fingerprint density at radius 2 is 2.14 bits per heavy atom. The lowest BCUT2D eigenvalue weighted by Crippen LogP contribution is -2.36. The van der Waals surface area contributed by atoms with E-state index in [0.717, 1.165) is 30.9 Å². The Kier molecular flexibility index (Phi) is 5.30. The van der Waals surface area contributed by atoms with Gasteiger partial charge < -0.3 is 26.0 Å². The second-order valence-electron chi connectivity index (χ2n) is 5.29. The maximum Gasteiger partial charge on any atom is 0.263 e. The van der Waals surface area contributed by atoms with E-state index in [-0.39, 0.29) is 5.91 Å². The minimum Gasteiger partial charge on any atom is -0.492 e. The number of nitrogens with one attached hydrogen (secondary N) is 2. The molecule has 0 aliphatic carbocycles. The van der Waals surface area contributed by atoms with Crippen molar-refractivity contribution >= 4 is 27.9 Å². The second-order valence-corrected chi connectivity index (χ2v) is 6.31. The molecule has 4 N–H and O–H groups in total. The van der Waals surface area contributed by atoms with Crippen LogP contribution in [-0.2, 0) is 0 Å². The summed E-state index contributed by atoms with van der Waals surface area (Å²) in [5.41, 5.74) is 6.47. The molecule has 0 radical (unpaired) electrons. The number of nitrogen functional groups attached to an aromatic ring is 1. The van der Waals surface area contributed by atoms with Gasteiger partial charge in [0.25, 0.3) is 5.91 Å². The summed E-state index contributed by atoms with van der Waals surface area (Å²) >= 11 is 1.37. The molecule has 2 rings (SSSR count). The van der Waals surface area contributed by atoms with Gasteiger partial charge in [-0.1, -0.05) is 0 Å². The van der Waals surface area contributed by atoms with Gasteiger partial charge in [-0.25, -0.2) is 0 Å². The summed E-state index contributed by atoms with van der Waals surface area (Å²) in [7, 11) is 3.72. The third-order valence-corrected chi connectivity index (χ3v) is 4.82. The van der Waals surface area contributed by atoms with Crippen LogP contribution in [0.3, 0.4) is 0 Å². The van der Waals surface area contributed by atoms with Crippen LogP contribution in [0.2, 0.25) is 0 Å². The Morgan fingerprint density at radius 1 is 1.48 bits per heavy atom. The molecule has 118 valence electrons. The number of methoxy groups -OCH3 is 1. The lowest BCUT2D eigenvalue weighted by molar-refractivity contribution is 0.0960. The fourth-order valence-electron chi connectivity index (χ4n) is 2.47. The van der Waals surface area contributed by atoms with Crippen LogP contribution in [0.25, 0.3) is 0 Å². The van der Waals surface area contributed by atoms with E-state index in [0.29, 0.717) is 28.9 Å². The summed E-state index contributed by atoms with van der Waals surface area (Å²) in [6, 6.07) is 0.398. The van der Waals surface area contributed by atoms with E-state index >= 15 is 0 Å². The molecule has 1 fully saturated rings. The average Bonchev–Trinajstić information content (AvgIpc) is 2.78. The molecule has 7 heteroatoms. The fraction of sp³-hybridized carbons (Fsp3) is 0.643. The Morgan fingerprint density at radius 3 is 2.71 bits per heavy atom. The van der Waals surface area contributed by atoms with E-state index in [4.69, 9.17) is 10.5 Å². The minimum absolute atomic E-state index is 0.144. The van der Waals surface area contributed by atoms with Crippen LogP contribution >= 0.6 is 11.3 Å². The van der Waals surface area contributed by atoms with Crippen LogP contribution in [0.15, 0.2) is 0 Å². The number of ether oxygens (including phenoxy) is 1. The van der Waals surface area contributed by atoms with Crippen molar-refractivity contribution in [2.45, 2.75) is 25.8 Å². The number of nitrogens with two attached hydrogens (primary N) is 1. The van der Waals surface area contributed by atoms with Crippen LogP contribution in [0.1, 0.15) is 29.4 Å².